The Labute approximate surface area is 162 Å². The number of pyridine rings is 1. The van der Waals surface area contributed by atoms with Gasteiger partial charge in [-0.2, -0.15) is 0 Å². The van der Waals surface area contributed by atoms with Crippen molar-refractivity contribution in [1.82, 2.24) is 14.5 Å². The first kappa shape index (κ1) is 19.4. The number of imidazole rings is 1. The van der Waals surface area contributed by atoms with Gasteiger partial charge in [0.15, 0.2) is 0 Å². The average molecular weight is 364 g/mol. The summed E-state index contributed by atoms with van der Waals surface area (Å²) in [6.07, 6.45) is 15.9. The molecule has 2 heterocycles. The molecule has 0 atom stereocenters. The van der Waals surface area contributed by atoms with E-state index in [4.69, 9.17) is 16.1 Å². The lowest BCUT2D eigenvalue weighted by Crippen LogP contribution is -2.10. The molecule has 0 fully saturated rings. The number of nitrogens with zero attached hydrogens (tertiary/aromatic N) is 3. The Morgan fingerprint density at radius 2 is 1.89 bits per heavy atom. The van der Waals surface area contributed by atoms with E-state index in [9.17, 15) is 0 Å². The van der Waals surface area contributed by atoms with Crippen LogP contribution in [0.15, 0.2) is 30.5 Å². The van der Waals surface area contributed by atoms with Gasteiger partial charge in [-0.3, -0.25) is 4.98 Å². The zero-order valence-corrected chi connectivity index (χ0v) is 16.3. The number of fused-ring (bicyclic) bond motifs is 3. The second-order valence-corrected chi connectivity index (χ2v) is 6.96. The number of rotatable bonds is 11. The zero-order valence-electron chi connectivity index (χ0n) is 16.3. The summed E-state index contributed by atoms with van der Waals surface area (Å²) in [5, 5.41) is 1.15. The molecule has 4 heteroatoms. The van der Waals surface area contributed by atoms with Crippen molar-refractivity contribution in [2.75, 3.05) is 13.2 Å². The predicted octanol–water partition coefficient (Wildman–Crippen LogP) is 5.14. The molecule has 0 aliphatic rings. The topological polar surface area (TPSA) is 39.9 Å². The van der Waals surface area contributed by atoms with E-state index in [2.05, 4.69) is 34.5 Å². The Hall–Kier alpha value is -2.38. The average Bonchev–Trinajstić information content (AvgIpc) is 3.06. The molecule has 0 amide bonds. The maximum absolute atomic E-state index is 5.54. The Bertz CT molecular complexity index is 907. The molecule has 2 aromatic heterocycles. The molecule has 3 aromatic rings. The van der Waals surface area contributed by atoms with Crippen molar-refractivity contribution in [3.05, 3.63) is 36.3 Å². The molecule has 3 rings (SSSR count). The monoisotopic (exact) mass is 363 g/mol. The van der Waals surface area contributed by atoms with Gasteiger partial charge in [0, 0.05) is 18.4 Å². The van der Waals surface area contributed by atoms with Gasteiger partial charge >= 0.3 is 0 Å². The van der Waals surface area contributed by atoms with Gasteiger partial charge in [0.25, 0.3) is 0 Å². The van der Waals surface area contributed by atoms with Crippen LogP contribution in [0.5, 0.6) is 0 Å². The lowest BCUT2D eigenvalue weighted by Gasteiger charge is -2.10. The minimum Gasteiger partial charge on any atom is -0.367 e. The SMILES string of the molecule is C#CCOCCn1c(CCCCCCCC)nc2cnc3ccccc3c21. The number of unbranched alkanes of at least 4 members (excludes halogenated alkanes) is 5. The summed E-state index contributed by atoms with van der Waals surface area (Å²) in [5.41, 5.74) is 3.12. The lowest BCUT2D eigenvalue weighted by molar-refractivity contribution is 0.158. The highest BCUT2D eigenvalue weighted by atomic mass is 16.5. The Morgan fingerprint density at radius 1 is 1.07 bits per heavy atom. The van der Waals surface area contributed by atoms with E-state index in [1.807, 2.05) is 18.3 Å². The number of para-hydroxylation sites is 1. The quantitative estimate of drug-likeness (QED) is 0.350. The minimum absolute atomic E-state index is 0.349. The van der Waals surface area contributed by atoms with Crippen molar-refractivity contribution in [2.45, 2.75) is 58.4 Å². The first-order valence-corrected chi connectivity index (χ1v) is 10.1. The fourth-order valence-corrected chi connectivity index (χ4v) is 3.59. The van der Waals surface area contributed by atoms with Crippen LogP contribution in [0.4, 0.5) is 0 Å². The molecule has 0 N–H and O–H groups in total. The third-order valence-electron chi connectivity index (χ3n) is 4.96. The maximum atomic E-state index is 5.54. The van der Waals surface area contributed by atoms with Crippen molar-refractivity contribution in [3.63, 3.8) is 0 Å². The number of aromatic nitrogens is 3. The molecule has 4 nitrogen and oxygen atoms in total. The number of benzene rings is 1. The van der Waals surface area contributed by atoms with Gasteiger partial charge in [0.1, 0.15) is 17.9 Å². The minimum atomic E-state index is 0.349. The molecular formula is C23H29N3O. The van der Waals surface area contributed by atoms with Crippen LogP contribution in [0.1, 0.15) is 51.3 Å². The molecule has 0 bridgehead atoms. The van der Waals surface area contributed by atoms with E-state index in [1.54, 1.807) is 0 Å². The fraction of sp³-hybridized carbons (Fsp3) is 0.478. The normalized spacial score (nSPS) is 11.3. The van der Waals surface area contributed by atoms with Crippen molar-refractivity contribution in [1.29, 1.82) is 0 Å². The second-order valence-electron chi connectivity index (χ2n) is 6.96. The van der Waals surface area contributed by atoms with E-state index in [1.165, 1.54) is 38.5 Å². The van der Waals surface area contributed by atoms with Gasteiger partial charge in [0.05, 0.1) is 23.8 Å². The smallest absolute Gasteiger partial charge is 0.110 e. The molecule has 142 valence electrons. The largest absolute Gasteiger partial charge is 0.367 e. The molecule has 27 heavy (non-hydrogen) atoms. The van der Waals surface area contributed by atoms with Crippen molar-refractivity contribution < 1.29 is 4.74 Å². The molecule has 0 spiro atoms. The molecule has 1 aromatic carbocycles. The van der Waals surface area contributed by atoms with Gasteiger partial charge in [-0.15, -0.1) is 6.42 Å². The third kappa shape index (κ3) is 4.87. The van der Waals surface area contributed by atoms with Crippen LogP contribution in [-0.2, 0) is 17.7 Å². The highest BCUT2D eigenvalue weighted by Crippen LogP contribution is 2.25. The Kier molecular flexibility index (Phi) is 7.24. The van der Waals surface area contributed by atoms with Gasteiger partial charge < -0.3 is 9.30 Å². The first-order valence-electron chi connectivity index (χ1n) is 10.1. The molecule has 0 saturated carbocycles. The zero-order chi connectivity index (χ0) is 18.9. The highest BCUT2D eigenvalue weighted by molar-refractivity contribution is 6.02. The summed E-state index contributed by atoms with van der Waals surface area (Å²) in [6.45, 7) is 3.96. The summed E-state index contributed by atoms with van der Waals surface area (Å²) < 4.78 is 7.85. The van der Waals surface area contributed by atoms with Gasteiger partial charge in [-0.25, -0.2) is 4.98 Å². The number of hydrogen-bond donors (Lipinski definition) is 0. The molecule has 0 aliphatic carbocycles. The van der Waals surface area contributed by atoms with Gasteiger partial charge in [0.2, 0.25) is 0 Å². The van der Waals surface area contributed by atoms with Crippen LogP contribution < -0.4 is 0 Å². The molecular weight excluding hydrogens is 334 g/mol. The van der Waals surface area contributed by atoms with Crippen LogP contribution in [0, 0.1) is 12.3 Å². The molecule has 0 saturated heterocycles. The van der Waals surface area contributed by atoms with Crippen LogP contribution in [0.3, 0.4) is 0 Å². The van der Waals surface area contributed by atoms with Crippen molar-refractivity contribution in [2.24, 2.45) is 0 Å². The maximum Gasteiger partial charge on any atom is 0.110 e. The lowest BCUT2D eigenvalue weighted by atomic mass is 10.1. The summed E-state index contributed by atoms with van der Waals surface area (Å²) in [7, 11) is 0. The van der Waals surface area contributed by atoms with E-state index >= 15 is 0 Å². The molecule has 0 radical (unpaired) electrons. The second kappa shape index (κ2) is 10.1. The first-order chi connectivity index (χ1) is 13.3. The van der Waals surface area contributed by atoms with E-state index in [0.717, 1.165) is 40.7 Å². The third-order valence-corrected chi connectivity index (χ3v) is 4.96. The van der Waals surface area contributed by atoms with E-state index < -0.39 is 0 Å². The number of hydrogen-bond acceptors (Lipinski definition) is 3. The number of terminal acetylenes is 1. The highest BCUT2D eigenvalue weighted by Gasteiger charge is 2.14. The Balaban J connectivity index is 1.82. The standard InChI is InChI=1S/C23H29N3O/c1-3-5-6-7-8-9-14-22-25-21-18-24-20-13-11-10-12-19(20)23(21)26(22)15-17-27-16-4-2/h2,10-13,18H,3,5-9,14-17H2,1H3. The van der Waals surface area contributed by atoms with Crippen molar-refractivity contribution >= 4 is 21.9 Å². The summed E-state index contributed by atoms with van der Waals surface area (Å²) in [5.74, 6) is 3.66. The predicted molar refractivity (Wildman–Crippen MR) is 112 cm³/mol. The van der Waals surface area contributed by atoms with E-state index in [0.29, 0.717) is 13.2 Å². The van der Waals surface area contributed by atoms with Gasteiger partial charge in [-0.05, 0) is 12.5 Å². The van der Waals surface area contributed by atoms with Crippen LogP contribution in [0.2, 0.25) is 0 Å². The molecule has 0 aliphatic heterocycles. The fourth-order valence-electron chi connectivity index (χ4n) is 3.59. The van der Waals surface area contributed by atoms with Crippen LogP contribution in [0.25, 0.3) is 21.9 Å². The van der Waals surface area contributed by atoms with Crippen LogP contribution >= 0.6 is 0 Å². The number of ether oxygens (including phenoxy) is 1. The van der Waals surface area contributed by atoms with Gasteiger partial charge in [-0.1, -0.05) is 63.1 Å². The summed E-state index contributed by atoms with van der Waals surface area (Å²) in [6, 6.07) is 8.26. The molecule has 0 unspecified atom stereocenters. The Morgan fingerprint density at radius 3 is 2.74 bits per heavy atom. The summed E-state index contributed by atoms with van der Waals surface area (Å²) >= 11 is 0. The van der Waals surface area contributed by atoms with Crippen LogP contribution in [-0.4, -0.2) is 27.7 Å². The number of aryl methyl sites for hydroxylation is 1. The van der Waals surface area contributed by atoms with Crippen molar-refractivity contribution in [3.8, 4) is 12.3 Å². The van der Waals surface area contributed by atoms with E-state index in [-0.39, 0.29) is 0 Å². The summed E-state index contributed by atoms with van der Waals surface area (Å²) in [4.78, 5) is 9.47.